The van der Waals surface area contributed by atoms with Crippen LogP contribution >= 0.6 is 0 Å². The Morgan fingerprint density at radius 2 is 2.22 bits per heavy atom. The van der Waals surface area contributed by atoms with Gasteiger partial charge in [0, 0.05) is 34.3 Å². The lowest BCUT2D eigenvalue weighted by Gasteiger charge is -2.11. The molecule has 9 heteroatoms. The Kier molecular flexibility index (Phi) is 2.91. The number of aromatic nitrogens is 2. The molecule has 0 saturated heterocycles. The molecule has 2 heterocycles. The second-order valence-electron chi connectivity index (χ2n) is 5.36. The van der Waals surface area contributed by atoms with Crippen molar-refractivity contribution in [2.24, 2.45) is 0 Å². The number of fused-ring (bicyclic) bond motifs is 1. The maximum absolute atomic E-state index is 15.2. The monoisotopic (exact) mass is 401 g/mol. The van der Waals surface area contributed by atoms with E-state index in [2.05, 4.69) is 9.97 Å². The van der Waals surface area contributed by atoms with Gasteiger partial charge in [-0.1, -0.05) is 6.85 Å². The average Bonchev–Trinajstić information content (AvgIpc) is 3.11. The van der Waals surface area contributed by atoms with Crippen molar-refractivity contribution in [2.45, 2.75) is 20.1 Å². The van der Waals surface area contributed by atoms with Crippen LogP contribution in [-0.4, -0.2) is 29.9 Å². The number of H-pyrrole nitrogens is 1. The molecule has 0 aliphatic carbocycles. The van der Waals surface area contributed by atoms with Gasteiger partial charge in [-0.25, -0.2) is 22.2 Å². The van der Waals surface area contributed by atoms with Crippen LogP contribution in [0, 0.1) is 18.5 Å². The molecule has 0 bridgehead atoms. The topological polar surface area (TPSA) is 91.9 Å². The summed E-state index contributed by atoms with van der Waals surface area (Å²) in [6, 6.07) is 2.27. The molecule has 6 nitrogen and oxygen atoms in total. The molecular weight excluding hydrogens is 376 g/mol. The zero-order valence-corrected chi connectivity index (χ0v) is 14.2. The summed E-state index contributed by atoms with van der Waals surface area (Å²) in [5, 5.41) is -0.0533. The van der Waals surface area contributed by atoms with Crippen molar-refractivity contribution in [1.29, 1.82) is 0 Å². The molecule has 0 aliphatic rings. The maximum Gasteiger partial charge on any atom is 0.232 e. The highest BCUT2D eigenvalue weighted by atomic mass is 32.2. The van der Waals surface area contributed by atoms with Gasteiger partial charge >= 0.3 is 0 Å². The van der Waals surface area contributed by atoms with Crippen molar-refractivity contribution >= 4 is 32.5 Å². The van der Waals surface area contributed by atoms with Crippen LogP contribution in [0.25, 0.3) is 11.0 Å². The molecule has 3 rings (SSSR count). The fourth-order valence-electron chi connectivity index (χ4n) is 2.44. The number of hydrogen-bond acceptors (Lipinski definition) is 4. The van der Waals surface area contributed by atoms with Crippen molar-refractivity contribution in [3.63, 3.8) is 0 Å². The number of pyridine rings is 1. The smallest absolute Gasteiger partial charge is 0.232 e. The van der Waals surface area contributed by atoms with Gasteiger partial charge in [0.2, 0.25) is 15.8 Å². The van der Waals surface area contributed by atoms with Crippen LogP contribution in [0.5, 0.6) is 0 Å². The quantitative estimate of drug-likeness (QED) is 0.618. The number of carbonyl (C=O) groups excluding carboxylic acids is 1. The molecule has 142 valence electrons. The molecule has 0 aliphatic heterocycles. The minimum atomic E-state index is -5.16. The van der Waals surface area contributed by atoms with E-state index in [1.165, 1.54) is 0 Å². The number of hydrogen-bond donors (Lipinski definition) is 2. The van der Waals surface area contributed by atoms with Crippen molar-refractivity contribution in [3.05, 3.63) is 58.9 Å². The van der Waals surface area contributed by atoms with Crippen LogP contribution in [-0.2, 0) is 10.0 Å². The van der Waals surface area contributed by atoms with Gasteiger partial charge in [0.1, 0.15) is 11.5 Å². The van der Waals surface area contributed by atoms with Gasteiger partial charge < -0.3 is 4.98 Å². The van der Waals surface area contributed by atoms with Crippen LogP contribution < -0.4 is 4.72 Å². The Bertz CT molecular complexity index is 1420. The molecule has 0 amide bonds. The molecule has 0 saturated carbocycles. The van der Waals surface area contributed by atoms with E-state index in [-0.39, 0.29) is 22.2 Å². The normalized spacial score (nSPS) is 17.6. The predicted molar refractivity (Wildman–Crippen MR) is 98.3 cm³/mol. The number of nitrogens with one attached hydrogen (secondary N) is 2. The van der Waals surface area contributed by atoms with Crippen molar-refractivity contribution in [1.82, 2.24) is 9.97 Å². The number of anilines is 1. The number of sulfonamides is 1. The van der Waals surface area contributed by atoms with Crippen LogP contribution in [0.2, 0.25) is 0 Å². The Morgan fingerprint density at radius 3 is 2.96 bits per heavy atom. The summed E-state index contributed by atoms with van der Waals surface area (Å²) in [5.74, 6) is -4.34. The third-order valence-corrected chi connectivity index (χ3v) is 4.61. The van der Waals surface area contributed by atoms with Gasteiger partial charge in [-0.05, 0) is 37.0 Å². The highest BCUT2D eigenvalue weighted by Crippen LogP contribution is 2.27. The molecule has 0 atom stereocenters. The average molecular weight is 401 g/mol. The third-order valence-electron chi connectivity index (χ3n) is 3.60. The largest absolute Gasteiger partial charge is 0.345 e. The lowest BCUT2D eigenvalue weighted by Crippen LogP contribution is -2.18. The fraction of sp³-hybridized carbons (Fsp3) is 0.222. The Hall–Kier alpha value is -2.81. The zero-order valence-electron chi connectivity index (χ0n) is 21.4. The van der Waals surface area contributed by atoms with Gasteiger partial charge in [-0.3, -0.25) is 9.52 Å². The summed E-state index contributed by atoms with van der Waals surface area (Å²) >= 11 is 0. The first-order valence-corrected chi connectivity index (χ1v) is 8.85. The summed E-state index contributed by atoms with van der Waals surface area (Å²) in [6.07, 6.45) is 0.677. The van der Waals surface area contributed by atoms with Crippen LogP contribution in [0.15, 0.2) is 30.6 Å². The molecular formula is C18H17F2N3O3S. The molecule has 2 aromatic heterocycles. The van der Waals surface area contributed by atoms with E-state index in [9.17, 15) is 17.6 Å². The van der Waals surface area contributed by atoms with Crippen molar-refractivity contribution in [2.75, 3.05) is 10.4 Å². The number of aromatic amines is 1. The van der Waals surface area contributed by atoms with Gasteiger partial charge in [0.25, 0.3) is 0 Å². The molecule has 3 aromatic rings. The minimum Gasteiger partial charge on any atom is -0.345 e. The molecule has 0 unspecified atom stereocenters. The van der Waals surface area contributed by atoms with Crippen LogP contribution in [0.3, 0.4) is 0 Å². The lowest BCUT2D eigenvalue weighted by atomic mass is 10.0. The number of benzene rings is 1. The SMILES string of the molecule is [2H]C([2H])([2H])CC([2H])([2H])S(=O)(=O)Nc1ccc(F)c(C(=O)c2c[nH]c3ncc(C([2H])([2H])[2H])cc23)c1F. The number of ketones is 1. The van der Waals surface area contributed by atoms with Gasteiger partial charge in [-0.2, -0.15) is 0 Å². The third kappa shape index (κ3) is 3.68. The van der Waals surface area contributed by atoms with E-state index in [1.807, 2.05) is 0 Å². The number of rotatable bonds is 6. The van der Waals surface area contributed by atoms with E-state index in [1.54, 1.807) is 4.72 Å². The highest BCUT2D eigenvalue weighted by Gasteiger charge is 2.25. The molecule has 2 N–H and O–H groups in total. The minimum absolute atomic E-state index is 0.0527. The standard InChI is InChI=1S/C18H17F2N3O3S/c1-3-6-27(25,26)23-14-5-4-13(19)15(16(14)20)17(24)12-9-22-18-11(12)7-10(2)8-21-18/h4-5,7-9,23H,3,6H2,1-2H3,(H,21,22)/i1D3,2D3,6D2. The van der Waals surface area contributed by atoms with E-state index < -0.39 is 64.5 Å². The number of nitrogens with zero attached hydrogens (tertiary/aromatic N) is 1. The fourth-order valence-corrected chi connectivity index (χ4v) is 3.15. The first-order chi connectivity index (χ1) is 15.8. The van der Waals surface area contributed by atoms with Gasteiger partial charge in [0.15, 0.2) is 5.82 Å². The summed E-state index contributed by atoms with van der Waals surface area (Å²) in [5.41, 5.74) is -6.10. The second-order valence-corrected chi connectivity index (χ2v) is 6.86. The second kappa shape index (κ2) is 7.07. The van der Waals surface area contributed by atoms with Crippen molar-refractivity contribution in [3.8, 4) is 0 Å². The lowest BCUT2D eigenvalue weighted by molar-refractivity contribution is 0.103. The van der Waals surface area contributed by atoms with Gasteiger partial charge in [0.05, 0.1) is 17.0 Å². The van der Waals surface area contributed by atoms with Gasteiger partial charge in [-0.15, -0.1) is 0 Å². The Balaban J connectivity index is 2.06. The Morgan fingerprint density at radius 1 is 1.41 bits per heavy atom. The molecule has 0 radical (unpaired) electrons. The first-order valence-electron chi connectivity index (χ1n) is 11.4. The zero-order chi connectivity index (χ0) is 26.6. The van der Waals surface area contributed by atoms with E-state index in [0.29, 0.717) is 12.1 Å². The highest BCUT2D eigenvalue weighted by molar-refractivity contribution is 7.92. The number of aryl methyl sites for hydroxylation is 1. The maximum atomic E-state index is 15.2. The first kappa shape index (κ1) is 11.1. The van der Waals surface area contributed by atoms with E-state index >= 15 is 4.39 Å². The van der Waals surface area contributed by atoms with Crippen molar-refractivity contribution < 1.29 is 33.0 Å². The summed E-state index contributed by atoms with van der Waals surface area (Å²) in [4.78, 5) is 19.5. The molecule has 0 spiro atoms. The van der Waals surface area contributed by atoms with Crippen LogP contribution in [0.4, 0.5) is 14.5 Å². The molecule has 0 fully saturated rings. The van der Waals surface area contributed by atoms with Crippen LogP contribution in [0.1, 0.15) is 45.7 Å². The van der Waals surface area contributed by atoms with E-state index in [4.69, 9.17) is 11.0 Å². The predicted octanol–water partition coefficient (Wildman–Crippen LogP) is 3.53. The summed E-state index contributed by atoms with van der Waals surface area (Å²) in [7, 11) is -5.16. The number of halogens is 2. The molecule has 27 heavy (non-hydrogen) atoms. The number of carbonyl (C=O) groups is 1. The Labute approximate surface area is 165 Å². The summed E-state index contributed by atoms with van der Waals surface area (Å²) < 4.78 is 115. The molecule has 1 aromatic carbocycles. The van der Waals surface area contributed by atoms with E-state index in [0.717, 1.165) is 18.5 Å². The summed E-state index contributed by atoms with van der Waals surface area (Å²) in [6.45, 7) is -5.56.